The number of halogens is 1. The van der Waals surface area contributed by atoms with E-state index in [-0.39, 0.29) is 0 Å². The molecule has 0 aromatic heterocycles. The van der Waals surface area contributed by atoms with Crippen LogP contribution in [0.4, 0.5) is 10.1 Å². The van der Waals surface area contributed by atoms with Gasteiger partial charge in [0, 0.05) is 0 Å². The highest BCUT2D eigenvalue weighted by Gasteiger charge is 2.24. The Labute approximate surface area is 103 Å². The molecule has 2 N–H and O–H groups in total. The van der Waals surface area contributed by atoms with Gasteiger partial charge in [-0.15, -0.1) is 0 Å². The van der Waals surface area contributed by atoms with Crippen LogP contribution in [0.1, 0.15) is 17.3 Å². The Morgan fingerprint density at radius 3 is 2.67 bits per heavy atom. The number of benzene rings is 1. The molecular formula is C10H9FN2O4S. The van der Waals surface area contributed by atoms with Crippen molar-refractivity contribution in [2.24, 2.45) is 0 Å². The molecule has 0 saturated heterocycles. The van der Waals surface area contributed by atoms with Gasteiger partial charge in [0.1, 0.15) is 5.82 Å². The number of carboxylic acids is 1. The van der Waals surface area contributed by atoms with Crippen LogP contribution in [0, 0.1) is 17.1 Å². The van der Waals surface area contributed by atoms with E-state index in [1.807, 2.05) is 0 Å². The fraction of sp³-hybridized carbons (Fsp3) is 0.200. The number of para-hydroxylation sites is 1. The minimum absolute atomic E-state index is 0.524. The van der Waals surface area contributed by atoms with E-state index in [4.69, 9.17) is 10.4 Å². The van der Waals surface area contributed by atoms with E-state index in [1.165, 1.54) is 6.07 Å². The van der Waals surface area contributed by atoms with E-state index < -0.39 is 38.3 Å². The second kappa shape index (κ2) is 5.01. The SMILES string of the molecule is CC(C#N)S(=O)(=O)Nc1c(F)cccc1C(=O)O. The summed E-state index contributed by atoms with van der Waals surface area (Å²) in [6.07, 6.45) is 0. The van der Waals surface area contributed by atoms with Gasteiger partial charge in [-0.3, -0.25) is 4.72 Å². The zero-order valence-corrected chi connectivity index (χ0v) is 10.0. The molecule has 1 atom stereocenters. The minimum atomic E-state index is -4.16. The predicted octanol–water partition coefficient (Wildman–Crippen LogP) is 1.18. The van der Waals surface area contributed by atoms with Crippen molar-refractivity contribution >= 4 is 21.7 Å². The lowest BCUT2D eigenvalue weighted by Crippen LogP contribution is -2.25. The van der Waals surface area contributed by atoms with E-state index in [2.05, 4.69) is 0 Å². The number of sulfonamides is 1. The van der Waals surface area contributed by atoms with Crippen LogP contribution in [0.3, 0.4) is 0 Å². The fourth-order valence-corrected chi connectivity index (χ4v) is 1.91. The summed E-state index contributed by atoms with van der Waals surface area (Å²) in [5.74, 6) is -2.50. The van der Waals surface area contributed by atoms with Crippen LogP contribution in [-0.2, 0) is 10.0 Å². The van der Waals surface area contributed by atoms with Crippen LogP contribution in [0.5, 0.6) is 0 Å². The Kier molecular flexibility index (Phi) is 3.88. The quantitative estimate of drug-likeness (QED) is 0.855. The standard InChI is InChI=1S/C10H9FN2O4S/c1-6(5-12)18(16,17)13-9-7(10(14)15)3-2-4-8(9)11/h2-4,6,13H,1H3,(H,14,15). The monoisotopic (exact) mass is 272 g/mol. The number of carboxylic acid groups (broad SMARTS) is 1. The van der Waals surface area contributed by atoms with Crippen LogP contribution in [0.15, 0.2) is 18.2 Å². The molecular weight excluding hydrogens is 263 g/mol. The molecule has 1 unspecified atom stereocenters. The van der Waals surface area contributed by atoms with E-state index in [1.54, 1.807) is 4.72 Å². The molecule has 0 aliphatic carbocycles. The lowest BCUT2D eigenvalue weighted by molar-refractivity contribution is 0.0697. The van der Waals surface area contributed by atoms with Gasteiger partial charge in [0.2, 0.25) is 10.0 Å². The van der Waals surface area contributed by atoms with Crippen molar-refractivity contribution in [2.45, 2.75) is 12.2 Å². The van der Waals surface area contributed by atoms with E-state index in [0.29, 0.717) is 0 Å². The molecule has 1 aromatic carbocycles. The first-order chi connectivity index (χ1) is 8.29. The van der Waals surface area contributed by atoms with Gasteiger partial charge in [-0.05, 0) is 19.1 Å². The number of hydrogen-bond acceptors (Lipinski definition) is 4. The molecule has 8 heteroatoms. The summed E-state index contributed by atoms with van der Waals surface area (Å²) >= 11 is 0. The molecule has 0 spiro atoms. The Morgan fingerprint density at radius 2 is 2.17 bits per heavy atom. The Bertz CT molecular complexity index is 621. The normalized spacial score (nSPS) is 12.5. The number of carbonyl (C=O) groups is 1. The third-order valence-electron chi connectivity index (χ3n) is 2.14. The minimum Gasteiger partial charge on any atom is -0.478 e. The summed E-state index contributed by atoms with van der Waals surface area (Å²) in [5, 5.41) is 15.9. The summed E-state index contributed by atoms with van der Waals surface area (Å²) in [4.78, 5) is 10.8. The van der Waals surface area contributed by atoms with Crippen molar-refractivity contribution in [3.63, 3.8) is 0 Å². The number of hydrogen-bond donors (Lipinski definition) is 2. The summed E-state index contributed by atoms with van der Waals surface area (Å²) in [5.41, 5.74) is -1.20. The number of aromatic carboxylic acids is 1. The largest absolute Gasteiger partial charge is 0.478 e. The third kappa shape index (κ3) is 2.75. The van der Waals surface area contributed by atoms with Crippen LogP contribution in [-0.4, -0.2) is 24.7 Å². The van der Waals surface area contributed by atoms with Crippen molar-refractivity contribution in [3.8, 4) is 6.07 Å². The first kappa shape index (κ1) is 13.9. The Morgan fingerprint density at radius 1 is 1.56 bits per heavy atom. The average Bonchev–Trinajstić information content (AvgIpc) is 2.30. The lowest BCUT2D eigenvalue weighted by atomic mass is 10.2. The molecule has 96 valence electrons. The number of anilines is 1. The van der Waals surface area contributed by atoms with Crippen molar-refractivity contribution in [1.82, 2.24) is 0 Å². The molecule has 0 radical (unpaired) electrons. The highest BCUT2D eigenvalue weighted by Crippen LogP contribution is 2.22. The fourth-order valence-electron chi connectivity index (χ4n) is 1.11. The zero-order valence-electron chi connectivity index (χ0n) is 9.21. The van der Waals surface area contributed by atoms with Gasteiger partial charge in [-0.1, -0.05) is 6.07 Å². The third-order valence-corrected chi connectivity index (χ3v) is 3.66. The maximum absolute atomic E-state index is 13.4. The summed E-state index contributed by atoms with van der Waals surface area (Å²) in [7, 11) is -4.16. The highest BCUT2D eigenvalue weighted by atomic mass is 32.2. The highest BCUT2D eigenvalue weighted by molar-refractivity contribution is 7.93. The first-order valence-corrected chi connectivity index (χ1v) is 6.27. The van der Waals surface area contributed by atoms with Crippen molar-refractivity contribution in [1.29, 1.82) is 5.26 Å². The molecule has 0 heterocycles. The number of rotatable bonds is 4. The van der Waals surface area contributed by atoms with Crippen LogP contribution < -0.4 is 4.72 Å². The molecule has 18 heavy (non-hydrogen) atoms. The van der Waals surface area contributed by atoms with Gasteiger partial charge in [0.15, 0.2) is 5.25 Å². The average molecular weight is 272 g/mol. The number of nitrogens with one attached hydrogen (secondary N) is 1. The van der Waals surface area contributed by atoms with Crippen LogP contribution in [0.25, 0.3) is 0 Å². The molecule has 0 amide bonds. The molecule has 0 saturated carbocycles. The molecule has 0 aliphatic rings. The molecule has 0 fully saturated rings. The van der Waals surface area contributed by atoms with Gasteiger partial charge in [-0.25, -0.2) is 17.6 Å². The topological polar surface area (TPSA) is 107 Å². The van der Waals surface area contributed by atoms with E-state index >= 15 is 0 Å². The van der Waals surface area contributed by atoms with Gasteiger partial charge >= 0.3 is 5.97 Å². The maximum atomic E-state index is 13.4. The van der Waals surface area contributed by atoms with Crippen molar-refractivity contribution < 1.29 is 22.7 Å². The maximum Gasteiger partial charge on any atom is 0.337 e. The van der Waals surface area contributed by atoms with Crippen molar-refractivity contribution in [2.75, 3.05) is 4.72 Å². The lowest BCUT2D eigenvalue weighted by Gasteiger charge is -2.12. The number of nitrogens with zero attached hydrogens (tertiary/aromatic N) is 1. The smallest absolute Gasteiger partial charge is 0.337 e. The zero-order chi connectivity index (χ0) is 13.9. The van der Waals surface area contributed by atoms with Gasteiger partial charge in [0.25, 0.3) is 0 Å². The second-order valence-corrected chi connectivity index (χ2v) is 5.39. The summed E-state index contributed by atoms with van der Waals surface area (Å²) in [6, 6.07) is 4.59. The molecule has 0 aliphatic heterocycles. The van der Waals surface area contributed by atoms with E-state index in [9.17, 15) is 17.6 Å². The first-order valence-electron chi connectivity index (χ1n) is 4.72. The molecule has 6 nitrogen and oxygen atoms in total. The summed E-state index contributed by atoms with van der Waals surface area (Å²) < 4.78 is 38.3. The van der Waals surface area contributed by atoms with Gasteiger partial charge in [-0.2, -0.15) is 5.26 Å². The summed E-state index contributed by atoms with van der Waals surface area (Å²) in [6.45, 7) is 1.10. The molecule has 1 rings (SSSR count). The van der Waals surface area contributed by atoms with Gasteiger partial charge < -0.3 is 5.11 Å². The molecule has 1 aromatic rings. The predicted molar refractivity (Wildman–Crippen MR) is 61.0 cm³/mol. The van der Waals surface area contributed by atoms with Crippen LogP contribution >= 0.6 is 0 Å². The van der Waals surface area contributed by atoms with Gasteiger partial charge in [0.05, 0.1) is 17.3 Å². The Hall–Kier alpha value is -2.14. The number of nitriles is 1. The Balaban J connectivity index is 3.29. The molecule has 0 bridgehead atoms. The van der Waals surface area contributed by atoms with E-state index in [0.717, 1.165) is 25.1 Å². The van der Waals surface area contributed by atoms with Crippen molar-refractivity contribution in [3.05, 3.63) is 29.6 Å². The second-order valence-electron chi connectivity index (χ2n) is 3.39. The van der Waals surface area contributed by atoms with Crippen LogP contribution in [0.2, 0.25) is 0 Å².